The fraction of sp³-hybridized carbons (Fsp3) is 0. The molecule has 0 atom stereocenters. The van der Waals surface area contributed by atoms with Gasteiger partial charge in [-0.15, -0.1) is 0 Å². The van der Waals surface area contributed by atoms with Gasteiger partial charge in [0.1, 0.15) is 0 Å². The van der Waals surface area contributed by atoms with Crippen LogP contribution < -0.4 is 11.0 Å². The number of pyridine rings is 1. The summed E-state index contributed by atoms with van der Waals surface area (Å²) in [7, 11) is 0. The third kappa shape index (κ3) is 3.08. The average molecular weight is 243 g/mol. The van der Waals surface area contributed by atoms with Gasteiger partial charge in [0.2, 0.25) is 0 Å². The van der Waals surface area contributed by atoms with Crippen molar-refractivity contribution in [2.24, 2.45) is 5.10 Å². The molecule has 0 aliphatic heterocycles. The fourth-order valence-electron chi connectivity index (χ4n) is 1.15. The molecule has 0 radical (unpaired) electrons. The standard InChI is InChI=1S/C11H9N5O2/c17-10-4-3-9(14-15-10)11(18)16-13-7-8-2-1-5-12-6-8/h1-7H,(H,15,17)(H,16,18). The highest BCUT2D eigenvalue weighted by molar-refractivity contribution is 5.92. The molecular formula is C11H9N5O2. The molecule has 2 N–H and O–H groups in total. The van der Waals surface area contributed by atoms with E-state index in [9.17, 15) is 9.59 Å². The van der Waals surface area contributed by atoms with Gasteiger partial charge >= 0.3 is 0 Å². The molecule has 2 rings (SSSR count). The maximum absolute atomic E-state index is 11.5. The van der Waals surface area contributed by atoms with Crippen molar-refractivity contribution in [1.29, 1.82) is 0 Å². The summed E-state index contributed by atoms with van der Waals surface area (Å²) >= 11 is 0. The Hall–Kier alpha value is -2.83. The monoisotopic (exact) mass is 243 g/mol. The summed E-state index contributed by atoms with van der Waals surface area (Å²) in [6.45, 7) is 0. The first-order chi connectivity index (χ1) is 8.75. The quantitative estimate of drug-likeness (QED) is 0.582. The lowest BCUT2D eigenvalue weighted by Crippen LogP contribution is -2.21. The summed E-state index contributed by atoms with van der Waals surface area (Å²) < 4.78 is 0. The Balaban J connectivity index is 1.98. The third-order valence-electron chi connectivity index (χ3n) is 1.98. The van der Waals surface area contributed by atoms with Crippen molar-refractivity contribution >= 4 is 12.1 Å². The molecule has 0 fully saturated rings. The lowest BCUT2D eigenvalue weighted by molar-refractivity contribution is 0.0949. The molecule has 1 amide bonds. The zero-order valence-electron chi connectivity index (χ0n) is 9.20. The molecule has 7 nitrogen and oxygen atoms in total. The Kier molecular flexibility index (Phi) is 3.55. The third-order valence-corrected chi connectivity index (χ3v) is 1.98. The number of rotatable bonds is 3. The second-order valence-electron chi connectivity index (χ2n) is 3.29. The van der Waals surface area contributed by atoms with Crippen LogP contribution in [-0.4, -0.2) is 27.3 Å². The summed E-state index contributed by atoms with van der Waals surface area (Å²) in [5.41, 5.74) is 2.75. The van der Waals surface area contributed by atoms with Crippen LogP contribution in [0.15, 0.2) is 46.6 Å². The van der Waals surface area contributed by atoms with Crippen LogP contribution in [-0.2, 0) is 0 Å². The molecule has 7 heteroatoms. The van der Waals surface area contributed by atoms with E-state index in [2.05, 4.69) is 25.7 Å². The van der Waals surface area contributed by atoms with E-state index in [1.54, 1.807) is 24.5 Å². The van der Waals surface area contributed by atoms with Gasteiger partial charge in [-0.2, -0.15) is 10.2 Å². The van der Waals surface area contributed by atoms with Crippen molar-refractivity contribution in [3.05, 3.63) is 58.3 Å². The van der Waals surface area contributed by atoms with Gasteiger partial charge in [-0.25, -0.2) is 10.5 Å². The van der Waals surface area contributed by atoms with Gasteiger partial charge in [0.15, 0.2) is 5.69 Å². The maximum Gasteiger partial charge on any atom is 0.291 e. The van der Waals surface area contributed by atoms with Gasteiger partial charge in [0, 0.05) is 24.0 Å². The van der Waals surface area contributed by atoms with E-state index in [1.165, 1.54) is 18.3 Å². The Morgan fingerprint density at radius 3 is 2.94 bits per heavy atom. The second-order valence-corrected chi connectivity index (χ2v) is 3.29. The highest BCUT2D eigenvalue weighted by Gasteiger charge is 2.04. The number of aromatic amines is 1. The maximum atomic E-state index is 11.5. The van der Waals surface area contributed by atoms with E-state index in [4.69, 9.17) is 0 Å². The van der Waals surface area contributed by atoms with Crippen LogP contribution in [0.4, 0.5) is 0 Å². The average Bonchev–Trinajstić information content (AvgIpc) is 2.40. The molecule has 0 spiro atoms. The largest absolute Gasteiger partial charge is 0.291 e. The first kappa shape index (κ1) is 11.6. The van der Waals surface area contributed by atoms with E-state index in [-0.39, 0.29) is 11.3 Å². The van der Waals surface area contributed by atoms with Crippen molar-refractivity contribution in [3.8, 4) is 0 Å². The number of hydrazone groups is 1. The van der Waals surface area contributed by atoms with Crippen LogP contribution in [0, 0.1) is 0 Å². The molecule has 0 bridgehead atoms. The molecule has 0 aromatic carbocycles. The topological polar surface area (TPSA) is 100 Å². The minimum Gasteiger partial charge on any atom is -0.268 e. The van der Waals surface area contributed by atoms with Crippen molar-refractivity contribution in [3.63, 3.8) is 0 Å². The number of nitrogens with zero attached hydrogens (tertiary/aromatic N) is 3. The number of nitrogens with one attached hydrogen (secondary N) is 2. The molecular weight excluding hydrogens is 234 g/mol. The summed E-state index contributed by atoms with van der Waals surface area (Å²) in [4.78, 5) is 26.2. The van der Waals surface area contributed by atoms with Crippen LogP contribution in [0.25, 0.3) is 0 Å². The van der Waals surface area contributed by atoms with Crippen molar-refractivity contribution in [2.45, 2.75) is 0 Å². The van der Waals surface area contributed by atoms with E-state index in [1.807, 2.05) is 0 Å². The smallest absolute Gasteiger partial charge is 0.268 e. The second kappa shape index (κ2) is 5.48. The number of hydrogen-bond donors (Lipinski definition) is 2. The lowest BCUT2D eigenvalue weighted by Gasteiger charge is -1.97. The van der Waals surface area contributed by atoms with E-state index < -0.39 is 5.91 Å². The molecule has 0 aliphatic carbocycles. The number of hydrogen-bond acceptors (Lipinski definition) is 5. The predicted molar refractivity (Wildman–Crippen MR) is 64.2 cm³/mol. The van der Waals surface area contributed by atoms with Gasteiger partial charge in [-0.05, 0) is 12.1 Å². The van der Waals surface area contributed by atoms with Crippen molar-refractivity contribution in [1.82, 2.24) is 20.6 Å². The summed E-state index contributed by atoms with van der Waals surface area (Å²) in [5, 5.41) is 9.47. The number of carbonyl (C=O) groups is 1. The van der Waals surface area contributed by atoms with Gasteiger partial charge in [-0.1, -0.05) is 6.07 Å². The summed E-state index contributed by atoms with van der Waals surface area (Å²) in [6.07, 6.45) is 4.70. The molecule has 0 aliphatic rings. The molecule has 90 valence electrons. The molecule has 18 heavy (non-hydrogen) atoms. The first-order valence-corrected chi connectivity index (χ1v) is 5.05. The van der Waals surface area contributed by atoms with Crippen molar-refractivity contribution < 1.29 is 4.79 Å². The van der Waals surface area contributed by atoms with Crippen LogP contribution in [0.1, 0.15) is 16.1 Å². The minimum absolute atomic E-state index is 0.0814. The minimum atomic E-state index is -0.508. The Morgan fingerprint density at radius 1 is 1.39 bits per heavy atom. The SMILES string of the molecule is O=C(NN=Cc1cccnc1)c1ccc(=O)[nH]n1. The van der Waals surface area contributed by atoms with Crippen LogP contribution in [0.5, 0.6) is 0 Å². The zero-order chi connectivity index (χ0) is 12.8. The van der Waals surface area contributed by atoms with E-state index >= 15 is 0 Å². The Morgan fingerprint density at radius 2 is 2.28 bits per heavy atom. The zero-order valence-corrected chi connectivity index (χ0v) is 9.20. The van der Waals surface area contributed by atoms with Crippen molar-refractivity contribution in [2.75, 3.05) is 0 Å². The normalized spacial score (nSPS) is 10.4. The predicted octanol–water partition coefficient (Wildman–Crippen LogP) is -0.0712. The summed E-state index contributed by atoms with van der Waals surface area (Å²) in [5.74, 6) is -0.508. The molecule has 2 aromatic heterocycles. The number of carbonyl (C=O) groups excluding carboxylic acids is 1. The van der Waals surface area contributed by atoms with E-state index in [0.29, 0.717) is 0 Å². The van der Waals surface area contributed by atoms with Gasteiger partial charge < -0.3 is 0 Å². The number of H-pyrrole nitrogens is 1. The number of amides is 1. The van der Waals surface area contributed by atoms with Crippen LogP contribution in [0.3, 0.4) is 0 Å². The highest BCUT2D eigenvalue weighted by atomic mass is 16.2. The van der Waals surface area contributed by atoms with E-state index in [0.717, 1.165) is 5.56 Å². The summed E-state index contributed by atoms with van der Waals surface area (Å²) in [6, 6.07) is 6.08. The van der Waals surface area contributed by atoms with Crippen LogP contribution >= 0.6 is 0 Å². The van der Waals surface area contributed by atoms with Gasteiger partial charge in [0.25, 0.3) is 11.5 Å². The lowest BCUT2D eigenvalue weighted by atomic mass is 10.3. The van der Waals surface area contributed by atoms with Gasteiger partial charge in [0.05, 0.1) is 6.21 Å². The van der Waals surface area contributed by atoms with Gasteiger partial charge in [-0.3, -0.25) is 14.6 Å². The molecule has 0 saturated carbocycles. The Labute approximate surface area is 102 Å². The first-order valence-electron chi connectivity index (χ1n) is 5.05. The number of aromatic nitrogens is 3. The fourth-order valence-corrected chi connectivity index (χ4v) is 1.15. The highest BCUT2D eigenvalue weighted by Crippen LogP contribution is 1.91. The van der Waals surface area contributed by atoms with Crippen LogP contribution in [0.2, 0.25) is 0 Å². The molecule has 2 aromatic rings. The molecule has 2 heterocycles. The molecule has 0 unspecified atom stereocenters. The molecule has 0 saturated heterocycles. The Bertz CT molecular complexity index is 600.